The van der Waals surface area contributed by atoms with Gasteiger partial charge in [0.15, 0.2) is 5.96 Å². The fourth-order valence-electron chi connectivity index (χ4n) is 1.36. The Morgan fingerprint density at radius 2 is 2.11 bits per heavy atom. The van der Waals surface area contributed by atoms with Crippen molar-refractivity contribution in [3.63, 3.8) is 0 Å². The van der Waals surface area contributed by atoms with E-state index in [4.69, 9.17) is 10.9 Å². The van der Waals surface area contributed by atoms with Crippen molar-refractivity contribution in [2.45, 2.75) is 25.3 Å². The van der Waals surface area contributed by atoms with Crippen LogP contribution in [0.15, 0.2) is 34.2 Å². The third-order valence-electron chi connectivity index (χ3n) is 2.35. The number of guanidine groups is 1. The van der Waals surface area contributed by atoms with Gasteiger partial charge in [-0.25, -0.2) is 18.5 Å². The van der Waals surface area contributed by atoms with Crippen molar-refractivity contribution in [3.8, 4) is 0 Å². The Hall–Kier alpha value is -1.60. The zero-order chi connectivity index (χ0) is 14.5. The van der Waals surface area contributed by atoms with Crippen LogP contribution in [-0.2, 0) is 16.6 Å². The van der Waals surface area contributed by atoms with E-state index in [0.717, 1.165) is 12.1 Å². The topological polar surface area (TPSA) is 111 Å². The lowest BCUT2D eigenvalue weighted by Crippen LogP contribution is -2.34. The van der Waals surface area contributed by atoms with E-state index in [1.54, 1.807) is 12.1 Å². The highest BCUT2D eigenvalue weighted by atomic mass is 32.2. The Labute approximate surface area is 114 Å². The Morgan fingerprint density at radius 3 is 2.68 bits per heavy atom. The Morgan fingerprint density at radius 1 is 1.42 bits per heavy atom. The molecule has 0 spiro atoms. The molecular formula is C12H20N4O2S. The summed E-state index contributed by atoms with van der Waals surface area (Å²) in [5, 5.41) is 8.04. The predicted molar refractivity (Wildman–Crippen MR) is 76.0 cm³/mol. The summed E-state index contributed by atoms with van der Waals surface area (Å²) in [4.78, 5) is 4.21. The van der Waals surface area contributed by atoms with Crippen LogP contribution in [0.5, 0.6) is 0 Å². The van der Waals surface area contributed by atoms with Crippen molar-refractivity contribution < 1.29 is 8.42 Å². The summed E-state index contributed by atoms with van der Waals surface area (Å²) >= 11 is 0. The highest BCUT2D eigenvalue weighted by Gasteiger charge is 2.07. The van der Waals surface area contributed by atoms with Gasteiger partial charge in [0.1, 0.15) is 0 Å². The number of sulfonamides is 1. The van der Waals surface area contributed by atoms with Crippen LogP contribution < -0.4 is 16.2 Å². The summed E-state index contributed by atoms with van der Waals surface area (Å²) in [5.41, 5.74) is 6.43. The number of rotatable bonds is 5. The van der Waals surface area contributed by atoms with Gasteiger partial charge in [0.2, 0.25) is 10.0 Å². The molecule has 1 rings (SSSR count). The molecule has 0 aromatic heterocycles. The second kappa shape index (κ2) is 6.53. The van der Waals surface area contributed by atoms with Gasteiger partial charge in [-0.1, -0.05) is 26.0 Å². The van der Waals surface area contributed by atoms with E-state index in [1.807, 2.05) is 0 Å². The zero-order valence-electron chi connectivity index (χ0n) is 11.1. The molecular weight excluding hydrogens is 264 g/mol. The van der Waals surface area contributed by atoms with Crippen LogP contribution in [-0.4, -0.2) is 20.9 Å². The molecule has 6 nitrogen and oxygen atoms in total. The molecule has 0 saturated heterocycles. The minimum Gasteiger partial charge on any atom is -0.370 e. The molecule has 106 valence electrons. The Balaban J connectivity index is 2.70. The van der Waals surface area contributed by atoms with E-state index in [9.17, 15) is 8.42 Å². The predicted octanol–water partition coefficient (Wildman–Crippen LogP) is 0.394. The molecule has 0 radical (unpaired) electrons. The fraction of sp³-hybridized carbons (Fsp3) is 0.417. The third-order valence-corrected chi connectivity index (χ3v) is 3.26. The molecule has 0 atom stereocenters. The number of nitrogens with one attached hydrogen (secondary N) is 1. The van der Waals surface area contributed by atoms with Gasteiger partial charge in [0.25, 0.3) is 0 Å². The number of hydrogen-bond donors (Lipinski definition) is 3. The molecule has 0 aliphatic rings. The average Bonchev–Trinajstić information content (AvgIpc) is 2.33. The standard InChI is InChI=1S/C12H20N4O2S/c1-9(2)7-15-12(13)16-8-10-4-3-5-11(6-10)19(14,17)18/h3-6,9H,7-8H2,1-2H3,(H3,13,15,16)(H2,14,17,18). The minimum absolute atomic E-state index is 0.0777. The van der Waals surface area contributed by atoms with E-state index < -0.39 is 10.0 Å². The average molecular weight is 284 g/mol. The molecule has 0 amide bonds. The second-order valence-electron chi connectivity index (χ2n) is 4.67. The van der Waals surface area contributed by atoms with Crippen LogP contribution in [0.25, 0.3) is 0 Å². The van der Waals surface area contributed by atoms with E-state index in [0.29, 0.717) is 18.4 Å². The van der Waals surface area contributed by atoms with Crippen LogP contribution in [0.2, 0.25) is 0 Å². The first-order valence-electron chi connectivity index (χ1n) is 5.94. The van der Waals surface area contributed by atoms with Gasteiger partial charge >= 0.3 is 0 Å². The van der Waals surface area contributed by atoms with Gasteiger partial charge in [-0.05, 0) is 23.6 Å². The van der Waals surface area contributed by atoms with Crippen molar-refractivity contribution in [1.29, 1.82) is 0 Å². The van der Waals surface area contributed by atoms with E-state index in [-0.39, 0.29) is 4.90 Å². The van der Waals surface area contributed by atoms with Gasteiger partial charge in [-0.15, -0.1) is 0 Å². The monoisotopic (exact) mass is 284 g/mol. The van der Waals surface area contributed by atoms with Crippen molar-refractivity contribution in [3.05, 3.63) is 29.8 Å². The molecule has 0 aliphatic heterocycles. The number of aliphatic imine (C=N–C) groups is 1. The minimum atomic E-state index is -3.68. The Bertz CT molecular complexity index is 553. The summed E-state index contributed by atoms with van der Waals surface area (Å²) in [6.45, 7) is 5.18. The number of benzene rings is 1. The highest BCUT2D eigenvalue weighted by Crippen LogP contribution is 2.10. The highest BCUT2D eigenvalue weighted by molar-refractivity contribution is 7.89. The summed E-state index contributed by atoms with van der Waals surface area (Å²) in [7, 11) is -3.68. The largest absolute Gasteiger partial charge is 0.370 e. The quantitative estimate of drug-likeness (QED) is 0.536. The van der Waals surface area contributed by atoms with Crippen LogP contribution in [0, 0.1) is 5.92 Å². The van der Waals surface area contributed by atoms with Crippen LogP contribution in [0.4, 0.5) is 0 Å². The van der Waals surface area contributed by atoms with Crippen LogP contribution in [0.1, 0.15) is 19.4 Å². The van der Waals surface area contributed by atoms with Gasteiger partial charge < -0.3 is 11.1 Å². The molecule has 0 aliphatic carbocycles. The first kappa shape index (κ1) is 15.5. The van der Waals surface area contributed by atoms with Gasteiger partial charge in [0, 0.05) is 6.54 Å². The third kappa shape index (κ3) is 5.71. The summed E-state index contributed by atoms with van der Waals surface area (Å²) in [6, 6.07) is 6.34. The van der Waals surface area contributed by atoms with E-state index in [1.165, 1.54) is 12.1 Å². The maximum atomic E-state index is 11.2. The maximum absolute atomic E-state index is 11.2. The first-order valence-corrected chi connectivity index (χ1v) is 7.49. The summed E-state index contributed by atoms with van der Waals surface area (Å²) in [6.07, 6.45) is 0. The second-order valence-corrected chi connectivity index (χ2v) is 6.23. The SMILES string of the molecule is CC(C)CNC(N)=NCc1cccc(S(N)(=O)=O)c1. The van der Waals surface area contributed by atoms with Crippen LogP contribution in [0.3, 0.4) is 0 Å². The van der Waals surface area contributed by atoms with Crippen LogP contribution >= 0.6 is 0 Å². The lowest BCUT2D eigenvalue weighted by atomic mass is 10.2. The van der Waals surface area contributed by atoms with Gasteiger partial charge in [0.05, 0.1) is 11.4 Å². The number of primary sulfonamides is 1. The maximum Gasteiger partial charge on any atom is 0.238 e. The van der Waals surface area contributed by atoms with Gasteiger partial charge in [-0.2, -0.15) is 0 Å². The van der Waals surface area contributed by atoms with Crippen molar-refractivity contribution in [2.75, 3.05) is 6.54 Å². The molecule has 1 aromatic rings. The molecule has 0 heterocycles. The molecule has 19 heavy (non-hydrogen) atoms. The molecule has 7 heteroatoms. The van der Waals surface area contributed by atoms with Crippen molar-refractivity contribution >= 4 is 16.0 Å². The normalized spacial score (nSPS) is 12.7. The lowest BCUT2D eigenvalue weighted by molar-refractivity contribution is 0.597. The van der Waals surface area contributed by atoms with E-state index in [2.05, 4.69) is 24.2 Å². The van der Waals surface area contributed by atoms with E-state index >= 15 is 0 Å². The molecule has 0 fully saturated rings. The Kier molecular flexibility index (Phi) is 5.31. The molecule has 1 aromatic carbocycles. The van der Waals surface area contributed by atoms with Crippen molar-refractivity contribution in [1.82, 2.24) is 5.32 Å². The van der Waals surface area contributed by atoms with Crippen molar-refractivity contribution in [2.24, 2.45) is 21.8 Å². The number of nitrogens with two attached hydrogens (primary N) is 2. The summed E-state index contributed by atoms with van der Waals surface area (Å²) in [5.74, 6) is 0.814. The number of nitrogens with zero attached hydrogens (tertiary/aromatic N) is 1. The lowest BCUT2D eigenvalue weighted by Gasteiger charge is -2.08. The fourth-order valence-corrected chi connectivity index (χ4v) is 1.95. The summed E-state index contributed by atoms with van der Waals surface area (Å²) < 4.78 is 22.4. The molecule has 5 N–H and O–H groups in total. The smallest absolute Gasteiger partial charge is 0.238 e. The first-order chi connectivity index (χ1) is 8.79. The molecule has 0 bridgehead atoms. The molecule has 0 unspecified atom stereocenters. The number of hydrogen-bond acceptors (Lipinski definition) is 3. The van der Waals surface area contributed by atoms with Gasteiger partial charge in [-0.3, -0.25) is 0 Å². The zero-order valence-corrected chi connectivity index (χ0v) is 11.9. The molecule has 0 saturated carbocycles.